The van der Waals surface area contributed by atoms with Crippen LogP contribution in [0.3, 0.4) is 0 Å². The third-order valence-corrected chi connectivity index (χ3v) is 2.33. The molecule has 3 unspecified atom stereocenters. The van der Waals surface area contributed by atoms with Crippen molar-refractivity contribution in [3.63, 3.8) is 0 Å². The number of aliphatic hydroxyl groups excluding tert-OH is 1. The van der Waals surface area contributed by atoms with Gasteiger partial charge in [-0.2, -0.15) is 0 Å². The van der Waals surface area contributed by atoms with E-state index in [2.05, 4.69) is 0 Å². The molecule has 0 amide bonds. The first-order valence-corrected chi connectivity index (χ1v) is 4.93. The van der Waals surface area contributed by atoms with Crippen molar-refractivity contribution in [2.24, 2.45) is 11.5 Å². The van der Waals surface area contributed by atoms with Crippen LogP contribution in [0.5, 0.6) is 0 Å². The van der Waals surface area contributed by atoms with Crippen LogP contribution in [0.4, 0.5) is 0 Å². The zero-order chi connectivity index (χ0) is 11.8. The number of hydrogen-bond acceptors (Lipinski definition) is 5. The maximum atomic E-state index is 10.6. The van der Waals surface area contributed by atoms with Gasteiger partial charge in [0, 0.05) is 13.7 Å². The lowest BCUT2D eigenvalue weighted by atomic mass is 9.99. The summed E-state index contributed by atoms with van der Waals surface area (Å²) in [5, 5.41) is 15.7. The fourth-order valence-corrected chi connectivity index (χ4v) is 1.53. The van der Waals surface area contributed by atoms with Crippen molar-refractivity contribution >= 4 is 5.97 Å². The maximum Gasteiger partial charge on any atom is 0.323 e. The Balaban J connectivity index is 0.000000921. The quantitative estimate of drug-likeness (QED) is 0.479. The van der Waals surface area contributed by atoms with Gasteiger partial charge in [-0.3, -0.25) is 4.79 Å². The summed E-state index contributed by atoms with van der Waals surface area (Å²) in [5.74, 6) is -1.01. The van der Waals surface area contributed by atoms with Crippen LogP contribution in [0.25, 0.3) is 0 Å². The van der Waals surface area contributed by atoms with E-state index >= 15 is 0 Å². The summed E-state index contributed by atoms with van der Waals surface area (Å²) in [5.41, 5.74) is 10.9. The third kappa shape index (κ3) is 4.57. The van der Waals surface area contributed by atoms with Crippen molar-refractivity contribution < 1.29 is 19.7 Å². The number of nitrogens with two attached hydrogens (primary N) is 2. The van der Waals surface area contributed by atoms with Crippen molar-refractivity contribution in [2.75, 3.05) is 13.7 Å². The highest BCUT2D eigenvalue weighted by molar-refractivity contribution is 5.73. The van der Waals surface area contributed by atoms with E-state index in [1.165, 1.54) is 0 Å². The number of ether oxygens (including phenoxy) is 1. The summed E-state index contributed by atoms with van der Waals surface area (Å²) in [6, 6.07) is -0.922. The van der Waals surface area contributed by atoms with Crippen LogP contribution in [-0.2, 0) is 9.53 Å². The second-order valence-corrected chi connectivity index (χ2v) is 3.33. The van der Waals surface area contributed by atoms with Gasteiger partial charge in [-0.1, -0.05) is 0 Å². The van der Waals surface area contributed by atoms with E-state index in [-0.39, 0.29) is 12.2 Å². The molecule has 0 aromatic heterocycles. The largest absolute Gasteiger partial charge is 0.480 e. The standard InChI is InChI=1S/C8H16N2O3.CH4O/c9-4-5-2-1-3-6(13-5)7(10)8(11)12;1-2/h5-7H,1-4,9-10H2,(H,11,12);2H,1H3. The Labute approximate surface area is 89.2 Å². The van der Waals surface area contributed by atoms with Gasteiger partial charge in [-0.05, 0) is 19.3 Å². The highest BCUT2D eigenvalue weighted by Crippen LogP contribution is 2.20. The van der Waals surface area contributed by atoms with Crippen LogP contribution in [0.2, 0.25) is 0 Å². The summed E-state index contributed by atoms with van der Waals surface area (Å²) >= 11 is 0. The van der Waals surface area contributed by atoms with Gasteiger partial charge in [0.05, 0.1) is 12.2 Å². The van der Waals surface area contributed by atoms with Crippen molar-refractivity contribution in [1.82, 2.24) is 0 Å². The molecule has 6 nitrogen and oxygen atoms in total. The second-order valence-electron chi connectivity index (χ2n) is 3.33. The minimum absolute atomic E-state index is 0.0239. The molecule has 0 aromatic rings. The molecule has 15 heavy (non-hydrogen) atoms. The molecule has 1 aliphatic heterocycles. The molecule has 0 bridgehead atoms. The molecular weight excluding hydrogens is 200 g/mol. The number of rotatable bonds is 3. The molecule has 0 saturated carbocycles. The van der Waals surface area contributed by atoms with Crippen LogP contribution < -0.4 is 11.5 Å². The average molecular weight is 220 g/mol. The van der Waals surface area contributed by atoms with E-state index in [1.807, 2.05) is 0 Å². The first-order valence-electron chi connectivity index (χ1n) is 4.93. The van der Waals surface area contributed by atoms with Gasteiger partial charge in [0.1, 0.15) is 6.04 Å². The Morgan fingerprint density at radius 2 is 2.13 bits per heavy atom. The summed E-state index contributed by atoms with van der Waals surface area (Å²) in [6.07, 6.45) is 2.15. The summed E-state index contributed by atoms with van der Waals surface area (Å²) in [4.78, 5) is 10.6. The van der Waals surface area contributed by atoms with E-state index in [0.29, 0.717) is 13.0 Å². The van der Waals surface area contributed by atoms with Gasteiger partial charge in [0.15, 0.2) is 0 Å². The van der Waals surface area contributed by atoms with Gasteiger partial charge >= 0.3 is 5.97 Å². The number of hydrogen-bond donors (Lipinski definition) is 4. The molecule has 1 fully saturated rings. The first kappa shape index (κ1) is 14.3. The first-order chi connectivity index (χ1) is 7.15. The SMILES string of the molecule is CO.NCC1CCCC(C(N)C(=O)O)O1. The Kier molecular flexibility index (Phi) is 7.23. The summed E-state index contributed by atoms with van der Waals surface area (Å²) in [6.45, 7) is 0.433. The van der Waals surface area contributed by atoms with Crippen LogP contribution in [0.1, 0.15) is 19.3 Å². The van der Waals surface area contributed by atoms with E-state index < -0.39 is 12.0 Å². The minimum Gasteiger partial charge on any atom is -0.480 e. The summed E-state index contributed by atoms with van der Waals surface area (Å²) < 4.78 is 5.43. The second kappa shape index (κ2) is 7.58. The van der Waals surface area contributed by atoms with Crippen LogP contribution >= 0.6 is 0 Å². The molecular formula is C9H20N2O4. The topological polar surface area (TPSA) is 119 Å². The molecule has 6 heteroatoms. The van der Waals surface area contributed by atoms with E-state index in [9.17, 15) is 4.79 Å². The van der Waals surface area contributed by atoms with Gasteiger partial charge in [0.25, 0.3) is 0 Å². The number of aliphatic carboxylic acids is 1. The summed E-state index contributed by atoms with van der Waals surface area (Å²) in [7, 11) is 1.00. The molecule has 1 heterocycles. The van der Waals surface area contributed by atoms with Gasteiger partial charge in [0.2, 0.25) is 0 Å². The molecule has 90 valence electrons. The Morgan fingerprint density at radius 1 is 1.53 bits per heavy atom. The number of aliphatic hydroxyl groups is 1. The van der Waals surface area contributed by atoms with Gasteiger partial charge in [-0.15, -0.1) is 0 Å². The van der Waals surface area contributed by atoms with Crippen molar-refractivity contribution in [3.05, 3.63) is 0 Å². The number of carboxylic acid groups (broad SMARTS) is 1. The molecule has 0 radical (unpaired) electrons. The minimum atomic E-state index is -1.01. The highest BCUT2D eigenvalue weighted by Gasteiger charge is 2.30. The lowest BCUT2D eigenvalue weighted by molar-refractivity contribution is -0.145. The number of carboxylic acids is 1. The predicted octanol–water partition coefficient (Wildman–Crippen LogP) is -1.10. The van der Waals surface area contributed by atoms with Crippen LogP contribution in [-0.4, -0.2) is 48.1 Å². The number of carbonyl (C=O) groups is 1. The van der Waals surface area contributed by atoms with Crippen LogP contribution in [0, 0.1) is 0 Å². The van der Waals surface area contributed by atoms with E-state index in [4.69, 9.17) is 26.4 Å². The fourth-order valence-electron chi connectivity index (χ4n) is 1.53. The van der Waals surface area contributed by atoms with Crippen LogP contribution in [0.15, 0.2) is 0 Å². The molecule has 1 rings (SSSR count). The Bertz CT molecular complexity index is 189. The zero-order valence-corrected chi connectivity index (χ0v) is 8.93. The Morgan fingerprint density at radius 3 is 2.60 bits per heavy atom. The molecule has 0 spiro atoms. The molecule has 0 aliphatic carbocycles. The lowest BCUT2D eigenvalue weighted by Gasteiger charge is -2.31. The Hall–Kier alpha value is -0.690. The van der Waals surface area contributed by atoms with Gasteiger partial charge in [-0.25, -0.2) is 0 Å². The molecule has 1 saturated heterocycles. The monoisotopic (exact) mass is 220 g/mol. The molecule has 6 N–H and O–H groups in total. The predicted molar refractivity (Wildman–Crippen MR) is 55.3 cm³/mol. The van der Waals surface area contributed by atoms with Gasteiger partial charge < -0.3 is 26.4 Å². The van der Waals surface area contributed by atoms with Crippen molar-refractivity contribution in [2.45, 2.75) is 37.5 Å². The average Bonchev–Trinajstić information content (AvgIpc) is 2.30. The van der Waals surface area contributed by atoms with E-state index in [1.54, 1.807) is 0 Å². The molecule has 1 aliphatic rings. The zero-order valence-electron chi connectivity index (χ0n) is 8.93. The smallest absolute Gasteiger partial charge is 0.323 e. The highest BCUT2D eigenvalue weighted by atomic mass is 16.5. The van der Waals surface area contributed by atoms with Crippen molar-refractivity contribution in [1.29, 1.82) is 0 Å². The molecule has 0 aromatic carbocycles. The molecule has 3 atom stereocenters. The fraction of sp³-hybridized carbons (Fsp3) is 0.889. The normalized spacial score (nSPS) is 27.5. The maximum absolute atomic E-state index is 10.6. The van der Waals surface area contributed by atoms with Crippen molar-refractivity contribution in [3.8, 4) is 0 Å². The van der Waals surface area contributed by atoms with E-state index in [0.717, 1.165) is 20.0 Å². The lowest BCUT2D eigenvalue weighted by Crippen LogP contribution is -2.47. The third-order valence-electron chi connectivity index (χ3n) is 2.33.